The zero-order valence-corrected chi connectivity index (χ0v) is 19.7. The summed E-state index contributed by atoms with van der Waals surface area (Å²) in [6.45, 7) is 2.49. The molecule has 1 saturated carbocycles. The van der Waals surface area contributed by atoms with Gasteiger partial charge < -0.3 is 10.6 Å². The Balaban J connectivity index is 1.39. The largest absolute Gasteiger partial charge is 0.352 e. The van der Waals surface area contributed by atoms with Crippen molar-refractivity contribution in [1.82, 2.24) is 19.4 Å². The number of sulfonamides is 1. The Kier molecular flexibility index (Phi) is 7.14. The van der Waals surface area contributed by atoms with Crippen LogP contribution in [0.25, 0.3) is 0 Å². The molecule has 1 saturated heterocycles. The third-order valence-corrected chi connectivity index (χ3v) is 8.37. The molecule has 1 aromatic heterocycles. The van der Waals surface area contributed by atoms with E-state index in [1.165, 1.54) is 27.3 Å². The van der Waals surface area contributed by atoms with Crippen LogP contribution in [-0.4, -0.2) is 52.9 Å². The van der Waals surface area contributed by atoms with Crippen LogP contribution in [0.1, 0.15) is 62.2 Å². The molecule has 1 aromatic carbocycles. The predicted molar refractivity (Wildman–Crippen MR) is 124 cm³/mol. The van der Waals surface area contributed by atoms with Crippen LogP contribution in [0.15, 0.2) is 41.6 Å². The summed E-state index contributed by atoms with van der Waals surface area (Å²) in [5.41, 5.74) is 0.680. The van der Waals surface area contributed by atoms with E-state index in [0.29, 0.717) is 12.2 Å². The van der Waals surface area contributed by atoms with Gasteiger partial charge in [0.15, 0.2) is 0 Å². The van der Waals surface area contributed by atoms with Crippen molar-refractivity contribution in [3.63, 3.8) is 0 Å². The minimum Gasteiger partial charge on any atom is -0.352 e. The fraction of sp³-hybridized carbons (Fsp3) is 0.522. The van der Waals surface area contributed by atoms with Crippen molar-refractivity contribution in [1.29, 1.82) is 0 Å². The molecule has 2 aliphatic rings. The molecule has 1 aliphatic heterocycles. The highest BCUT2D eigenvalue weighted by atomic mass is 32.2. The predicted octanol–water partition coefficient (Wildman–Crippen LogP) is 2.76. The van der Waals surface area contributed by atoms with Crippen LogP contribution < -0.4 is 10.6 Å². The summed E-state index contributed by atoms with van der Waals surface area (Å²) >= 11 is 0. The van der Waals surface area contributed by atoms with Gasteiger partial charge in [0.05, 0.1) is 16.8 Å². The molecule has 178 valence electrons. The smallest absolute Gasteiger partial charge is 0.255 e. The Hall–Kier alpha value is -2.72. The number of rotatable bonds is 7. The first kappa shape index (κ1) is 23.4. The molecule has 0 radical (unpaired) electrons. The Morgan fingerprint density at radius 2 is 1.88 bits per heavy atom. The molecule has 2 aromatic rings. The Bertz CT molecular complexity index is 1110. The van der Waals surface area contributed by atoms with Gasteiger partial charge in [-0.1, -0.05) is 25.3 Å². The summed E-state index contributed by atoms with van der Waals surface area (Å²) in [5.74, 6) is -0.540. The Morgan fingerprint density at radius 3 is 2.64 bits per heavy atom. The molecule has 2 amide bonds. The number of amides is 2. The Labute approximate surface area is 194 Å². The van der Waals surface area contributed by atoms with Crippen LogP contribution in [0.4, 0.5) is 5.69 Å². The average Bonchev–Trinajstić information content (AvgIpc) is 3.46. The molecule has 0 bridgehead atoms. The van der Waals surface area contributed by atoms with Gasteiger partial charge >= 0.3 is 0 Å². The van der Waals surface area contributed by atoms with Crippen LogP contribution in [0, 0.1) is 0 Å². The van der Waals surface area contributed by atoms with Crippen LogP contribution in [0.2, 0.25) is 0 Å². The fourth-order valence-corrected chi connectivity index (χ4v) is 6.32. The quantitative estimate of drug-likeness (QED) is 0.642. The highest BCUT2D eigenvalue weighted by molar-refractivity contribution is 7.89. The third-order valence-electron chi connectivity index (χ3n) is 6.36. The van der Waals surface area contributed by atoms with Gasteiger partial charge in [0.25, 0.3) is 5.91 Å². The van der Waals surface area contributed by atoms with Crippen molar-refractivity contribution < 1.29 is 18.0 Å². The van der Waals surface area contributed by atoms with Gasteiger partial charge in [-0.3, -0.25) is 14.3 Å². The van der Waals surface area contributed by atoms with Gasteiger partial charge in [0.2, 0.25) is 15.9 Å². The highest BCUT2D eigenvalue weighted by Crippen LogP contribution is 2.25. The summed E-state index contributed by atoms with van der Waals surface area (Å²) in [5, 5.41) is 9.88. The topological polar surface area (TPSA) is 113 Å². The van der Waals surface area contributed by atoms with Crippen molar-refractivity contribution >= 4 is 27.5 Å². The molecule has 10 heteroatoms. The van der Waals surface area contributed by atoms with E-state index in [2.05, 4.69) is 15.7 Å². The second-order valence-electron chi connectivity index (χ2n) is 8.92. The maximum Gasteiger partial charge on any atom is 0.255 e. The molecule has 4 rings (SSSR count). The van der Waals surface area contributed by atoms with Crippen molar-refractivity contribution in [2.24, 2.45) is 0 Å². The van der Waals surface area contributed by atoms with Gasteiger partial charge in [-0.25, -0.2) is 8.42 Å². The van der Waals surface area contributed by atoms with Crippen molar-refractivity contribution in [3.05, 3.63) is 42.2 Å². The van der Waals surface area contributed by atoms with E-state index in [0.717, 1.165) is 44.9 Å². The highest BCUT2D eigenvalue weighted by Gasteiger charge is 2.31. The number of carbonyl (C=O) groups is 2. The summed E-state index contributed by atoms with van der Waals surface area (Å²) < 4.78 is 29.2. The lowest BCUT2D eigenvalue weighted by atomic mass is 10.1. The monoisotopic (exact) mass is 473 g/mol. The van der Waals surface area contributed by atoms with Gasteiger partial charge in [0, 0.05) is 30.4 Å². The number of aromatic nitrogens is 2. The minimum absolute atomic E-state index is 0.0575. The molecule has 1 unspecified atom stereocenters. The first-order valence-corrected chi connectivity index (χ1v) is 13.0. The van der Waals surface area contributed by atoms with E-state index >= 15 is 0 Å². The first-order chi connectivity index (χ1) is 15.8. The van der Waals surface area contributed by atoms with E-state index in [1.807, 2.05) is 6.92 Å². The number of nitrogens with one attached hydrogen (secondary N) is 2. The van der Waals surface area contributed by atoms with E-state index in [-0.39, 0.29) is 35.0 Å². The summed E-state index contributed by atoms with van der Waals surface area (Å²) in [6, 6.07) is 6.27. The third kappa shape index (κ3) is 5.62. The fourth-order valence-electron chi connectivity index (χ4n) is 4.57. The van der Waals surface area contributed by atoms with Crippen LogP contribution in [-0.2, 0) is 21.4 Å². The van der Waals surface area contributed by atoms with E-state index in [9.17, 15) is 18.0 Å². The average molecular weight is 474 g/mol. The normalized spacial score (nSPS) is 20.0. The van der Waals surface area contributed by atoms with Crippen molar-refractivity contribution in [2.45, 2.75) is 75.4 Å². The molecule has 0 spiro atoms. The second-order valence-corrected chi connectivity index (χ2v) is 10.8. The number of hydrogen-bond donors (Lipinski definition) is 2. The first-order valence-electron chi connectivity index (χ1n) is 11.6. The molecule has 33 heavy (non-hydrogen) atoms. The van der Waals surface area contributed by atoms with Gasteiger partial charge in [-0.15, -0.1) is 0 Å². The van der Waals surface area contributed by atoms with E-state index < -0.39 is 15.9 Å². The Morgan fingerprint density at radius 1 is 1.12 bits per heavy atom. The second kappa shape index (κ2) is 10.0. The molecular formula is C23H31N5O4S. The van der Waals surface area contributed by atoms with Crippen LogP contribution in [0.5, 0.6) is 0 Å². The summed E-state index contributed by atoms with van der Waals surface area (Å²) in [4.78, 5) is 25.1. The van der Waals surface area contributed by atoms with Gasteiger partial charge in [-0.2, -0.15) is 9.40 Å². The van der Waals surface area contributed by atoms with Crippen LogP contribution in [0.3, 0.4) is 0 Å². The van der Waals surface area contributed by atoms with Gasteiger partial charge in [0.1, 0.15) is 6.54 Å². The lowest BCUT2D eigenvalue weighted by molar-refractivity contribution is -0.122. The molecule has 1 aliphatic carbocycles. The minimum atomic E-state index is -3.67. The number of piperidine rings is 1. The lowest BCUT2D eigenvalue weighted by Crippen LogP contribution is -2.41. The molecule has 9 nitrogen and oxygen atoms in total. The van der Waals surface area contributed by atoms with E-state index in [1.54, 1.807) is 18.3 Å². The number of benzene rings is 1. The maximum atomic E-state index is 13.1. The van der Waals surface area contributed by atoms with Gasteiger partial charge in [-0.05, 0) is 50.8 Å². The molecule has 2 N–H and O–H groups in total. The van der Waals surface area contributed by atoms with Crippen molar-refractivity contribution in [2.75, 3.05) is 11.9 Å². The van der Waals surface area contributed by atoms with Crippen LogP contribution >= 0.6 is 0 Å². The lowest BCUT2D eigenvalue weighted by Gasteiger charge is -2.32. The SMILES string of the molecule is CC1CCCCN1S(=O)(=O)c1cccc(C(=O)Nc2cnn(CC(=O)NC3CCCC3)c2)c1. The molecule has 1 atom stereocenters. The maximum absolute atomic E-state index is 13.1. The zero-order valence-electron chi connectivity index (χ0n) is 18.9. The molecular weight excluding hydrogens is 442 g/mol. The standard InChI is InChI=1S/C23H31N5O4S/c1-17-7-4-5-12-28(17)33(31,32)21-11-6-8-18(13-21)23(30)26-20-14-24-27(15-20)16-22(29)25-19-9-2-3-10-19/h6,8,11,13-15,17,19H,2-5,7,9-10,12,16H2,1H3,(H,25,29)(H,26,30). The molecule has 2 fully saturated rings. The number of anilines is 1. The summed E-state index contributed by atoms with van der Waals surface area (Å²) in [7, 11) is -3.67. The summed E-state index contributed by atoms with van der Waals surface area (Å²) in [6.07, 6.45) is 10.1. The number of carbonyl (C=O) groups excluding carboxylic acids is 2. The number of nitrogens with zero attached hydrogens (tertiary/aromatic N) is 3. The molecule has 2 heterocycles. The van der Waals surface area contributed by atoms with Crippen molar-refractivity contribution in [3.8, 4) is 0 Å². The zero-order chi connectivity index (χ0) is 23.4. The van der Waals surface area contributed by atoms with E-state index in [4.69, 9.17) is 0 Å². The number of hydrogen-bond acceptors (Lipinski definition) is 5.